The zero-order valence-electron chi connectivity index (χ0n) is 13.4. The highest BCUT2D eigenvalue weighted by atomic mass is 16.6. The Labute approximate surface area is 133 Å². The summed E-state index contributed by atoms with van der Waals surface area (Å²) in [6.45, 7) is 2.88. The number of anilines is 1. The number of nitrogen functional groups attached to an aromatic ring is 1. The number of fused-ring (bicyclic) bond motifs is 1. The molecule has 0 saturated carbocycles. The summed E-state index contributed by atoms with van der Waals surface area (Å²) in [5, 5.41) is 0. The van der Waals surface area contributed by atoms with Gasteiger partial charge >= 0.3 is 0 Å². The van der Waals surface area contributed by atoms with Crippen molar-refractivity contribution in [2.75, 3.05) is 33.2 Å². The maximum absolute atomic E-state index is 6.03. The first kappa shape index (κ1) is 16.1. The van der Waals surface area contributed by atoms with E-state index in [1.165, 1.54) is 6.33 Å². The van der Waals surface area contributed by atoms with Gasteiger partial charge in [0.2, 0.25) is 0 Å². The van der Waals surface area contributed by atoms with E-state index in [9.17, 15) is 0 Å². The lowest BCUT2D eigenvalue weighted by atomic mass is 10.1. The van der Waals surface area contributed by atoms with Crippen molar-refractivity contribution in [1.29, 1.82) is 0 Å². The van der Waals surface area contributed by atoms with E-state index in [-0.39, 0.29) is 18.3 Å². The number of ether oxygens (including phenoxy) is 4. The standard InChI is InChI=1S/C14H21N5O4/c1-8-10(21-3)11(22-5-4-20-2)14(23-8)19-7-18-9-12(15)16-6-17-13(9)19/h6-8,10-11,14H,4-5H2,1-3H3,(H2,15,16,17). The summed E-state index contributed by atoms with van der Waals surface area (Å²) >= 11 is 0. The van der Waals surface area contributed by atoms with Gasteiger partial charge in [-0.1, -0.05) is 0 Å². The average molecular weight is 323 g/mol. The molecule has 126 valence electrons. The van der Waals surface area contributed by atoms with Crippen LogP contribution >= 0.6 is 0 Å². The molecule has 1 aliphatic rings. The van der Waals surface area contributed by atoms with Crippen molar-refractivity contribution in [1.82, 2.24) is 19.5 Å². The molecule has 1 aliphatic heterocycles. The van der Waals surface area contributed by atoms with E-state index in [4.69, 9.17) is 24.7 Å². The molecule has 9 heteroatoms. The smallest absolute Gasteiger partial charge is 0.167 e. The summed E-state index contributed by atoms with van der Waals surface area (Å²) in [5.74, 6) is 0.333. The molecule has 23 heavy (non-hydrogen) atoms. The van der Waals surface area contributed by atoms with Crippen LogP contribution in [0.1, 0.15) is 13.2 Å². The molecule has 4 unspecified atom stereocenters. The van der Waals surface area contributed by atoms with Crippen molar-refractivity contribution in [3.8, 4) is 0 Å². The van der Waals surface area contributed by atoms with Gasteiger partial charge in [-0.15, -0.1) is 0 Å². The second kappa shape index (κ2) is 6.75. The Balaban J connectivity index is 1.93. The zero-order valence-corrected chi connectivity index (χ0v) is 13.4. The number of imidazole rings is 1. The molecule has 3 rings (SSSR count). The minimum Gasteiger partial charge on any atom is -0.382 e. The van der Waals surface area contributed by atoms with E-state index in [0.29, 0.717) is 30.2 Å². The van der Waals surface area contributed by atoms with Gasteiger partial charge in [-0.2, -0.15) is 0 Å². The van der Waals surface area contributed by atoms with Crippen molar-refractivity contribution in [2.24, 2.45) is 0 Å². The van der Waals surface area contributed by atoms with E-state index in [0.717, 1.165) is 0 Å². The maximum atomic E-state index is 6.03. The third kappa shape index (κ3) is 2.88. The molecule has 0 radical (unpaired) electrons. The van der Waals surface area contributed by atoms with E-state index in [1.54, 1.807) is 25.1 Å². The van der Waals surface area contributed by atoms with Crippen molar-refractivity contribution < 1.29 is 18.9 Å². The zero-order chi connectivity index (χ0) is 16.4. The van der Waals surface area contributed by atoms with Gasteiger partial charge < -0.3 is 24.7 Å². The quantitative estimate of drug-likeness (QED) is 0.760. The first-order valence-corrected chi connectivity index (χ1v) is 7.39. The Morgan fingerprint density at radius 3 is 2.78 bits per heavy atom. The SMILES string of the molecule is COCCOC1C(OC)C(C)OC1n1cnc2c(N)ncnc21. The molecule has 0 bridgehead atoms. The van der Waals surface area contributed by atoms with Crippen LogP contribution in [0.4, 0.5) is 5.82 Å². The first-order valence-electron chi connectivity index (χ1n) is 7.39. The normalized spacial score (nSPS) is 27.8. The summed E-state index contributed by atoms with van der Waals surface area (Å²) in [4.78, 5) is 12.5. The van der Waals surface area contributed by atoms with Crippen molar-refractivity contribution >= 4 is 17.0 Å². The molecule has 2 aromatic rings. The van der Waals surface area contributed by atoms with Crippen LogP contribution in [0.15, 0.2) is 12.7 Å². The fraction of sp³-hybridized carbons (Fsp3) is 0.643. The number of rotatable bonds is 6. The molecule has 3 heterocycles. The first-order chi connectivity index (χ1) is 11.2. The lowest BCUT2D eigenvalue weighted by Gasteiger charge is -2.23. The lowest BCUT2D eigenvalue weighted by molar-refractivity contribution is -0.0810. The van der Waals surface area contributed by atoms with E-state index < -0.39 is 6.23 Å². The predicted molar refractivity (Wildman–Crippen MR) is 81.7 cm³/mol. The Morgan fingerprint density at radius 2 is 2.04 bits per heavy atom. The molecular weight excluding hydrogens is 302 g/mol. The summed E-state index contributed by atoms with van der Waals surface area (Å²) in [7, 11) is 3.28. The lowest BCUT2D eigenvalue weighted by Crippen LogP contribution is -2.35. The number of nitrogens with two attached hydrogens (primary N) is 1. The predicted octanol–water partition coefficient (Wildman–Crippen LogP) is 0.372. The van der Waals surface area contributed by atoms with Crippen LogP contribution in [0.3, 0.4) is 0 Å². The molecule has 1 fully saturated rings. The molecule has 1 saturated heterocycles. The molecule has 0 aromatic carbocycles. The Morgan fingerprint density at radius 1 is 1.22 bits per heavy atom. The van der Waals surface area contributed by atoms with Crippen molar-refractivity contribution in [3.05, 3.63) is 12.7 Å². The van der Waals surface area contributed by atoms with Gasteiger partial charge in [-0.25, -0.2) is 15.0 Å². The van der Waals surface area contributed by atoms with Gasteiger partial charge in [0, 0.05) is 14.2 Å². The van der Waals surface area contributed by atoms with Crippen molar-refractivity contribution in [2.45, 2.75) is 31.5 Å². The topological polar surface area (TPSA) is 107 Å². The molecule has 4 atom stereocenters. The minimum atomic E-state index is -0.411. The summed E-state index contributed by atoms with van der Waals surface area (Å²) in [6.07, 6.45) is 1.99. The number of hydrogen-bond donors (Lipinski definition) is 1. The Hall–Kier alpha value is -1.81. The fourth-order valence-electron chi connectivity index (χ4n) is 2.85. The van der Waals surface area contributed by atoms with Crippen molar-refractivity contribution in [3.63, 3.8) is 0 Å². The van der Waals surface area contributed by atoms with Gasteiger partial charge in [0.05, 0.1) is 25.6 Å². The summed E-state index contributed by atoms with van der Waals surface area (Å²) in [6, 6.07) is 0. The summed E-state index contributed by atoms with van der Waals surface area (Å²) in [5.41, 5.74) is 6.99. The maximum Gasteiger partial charge on any atom is 0.167 e. The number of nitrogens with zero attached hydrogens (tertiary/aromatic N) is 4. The van der Waals surface area contributed by atoms with Gasteiger partial charge in [-0.3, -0.25) is 4.57 Å². The van der Waals surface area contributed by atoms with E-state index in [2.05, 4.69) is 15.0 Å². The monoisotopic (exact) mass is 323 g/mol. The largest absolute Gasteiger partial charge is 0.382 e. The molecule has 9 nitrogen and oxygen atoms in total. The molecule has 0 aliphatic carbocycles. The van der Waals surface area contributed by atoms with Crippen LogP contribution in [-0.2, 0) is 18.9 Å². The van der Waals surface area contributed by atoms with Crippen LogP contribution in [-0.4, -0.2) is 65.3 Å². The number of aromatic nitrogens is 4. The molecular formula is C14H21N5O4. The van der Waals surface area contributed by atoms with E-state index in [1.807, 2.05) is 6.92 Å². The minimum absolute atomic E-state index is 0.130. The third-order valence-electron chi connectivity index (χ3n) is 3.95. The third-order valence-corrected chi connectivity index (χ3v) is 3.95. The average Bonchev–Trinajstić information content (AvgIpc) is 3.09. The van der Waals surface area contributed by atoms with Crippen LogP contribution in [0.5, 0.6) is 0 Å². The van der Waals surface area contributed by atoms with Crippen LogP contribution in [0, 0.1) is 0 Å². The molecule has 0 amide bonds. The van der Waals surface area contributed by atoms with Gasteiger partial charge in [-0.05, 0) is 6.92 Å². The Kier molecular flexibility index (Phi) is 4.71. The highest BCUT2D eigenvalue weighted by Gasteiger charge is 2.45. The van der Waals surface area contributed by atoms with Crippen LogP contribution < -0.4 is 5.73 Å². The highest BCUT2D eigenvalue weighted by molar-refractivity contribution is 5.81. The molecule has 0 spiro atoms. The fourth-order valence-corrected chi connectivity index (χ4v) is 2.85. The number of methoxy groups -OCH3 is 2. The van der Waals surface area contributed by atoms with Gasteiger partial charge in [0.15, 0.2) is 17.7 Å². The molecule has 2 N–H and O–H groups in total. The van der Waals surface area contributed by atoms with E-state index >= 15 is 0 Å². The number of hydrogen-bond acceptors (Lipinski definition) is 8. The molecule has 2 aromatic heterocycles. The Bertz CT molecular complexity index is 664. The van der Waals surface area contributed by atoms with Gasteiger partial charge in [0.25, 0.3) is 0 Å². The highest BCUT2D eigenvalue weighted by Crippen LogP contribution is 2.35. The van der Waals surface area contributed by atoms with Crippen LogP contribution in [0.2, 0.25) is 0 Å². The second-order valence-corrected chi connectivity index (χ2v) is 5.34. The van der Waals surface area contributed by atoms with Gasteiger partial charge in [0.1, 0.15) is 24.1 Å². The second-order valence-electron chi connectivity index (χ2n) is 5.34. The summed E-state index contributed by atoms with van der Waals surface area (Å²) < 4.78 is 24.4. The van der Waals surface area contributed by atoms with Crippen LogP contribution in [0.25, 0.3) is 11.2 Å².